The van der Waals surface area contributed by atoms with Crippen molar-refractivity contribution in [3.63, 3.8) is 0 Å². The fourth-order valence-corrected chi connectivity index (χ4v) is 7.56. The Morgan fingerprint density at radius 3 is 1.94 bits per heavy atom. The Kier molecular flexibility index (Phi) is 14.3. The van der Waals surface area contributed by atoms with Gasteiger partial charge in [-0.2, -0.15) is 10.0 Å². The molecule has 2 heterocycles. The second-order valence-corrected chi connectivity index (χ2v) is 16.1. The van der Waals surface area contributed by atoms with E-state index >= 15 is 0 Å². The number of unbranched alkanes of at least 4 members (excludes halogenated alkanes) is 1. The van der Waals surface area contributed by atoms with Crippen molar-refractivity contribution in [2.24, 2.45) is 5.41 Å². The molecular formula is C41H57N5O7S. The number of ether oxygens (including phenoxy) is 1. The van der Waals surface area contributed by atoms with Crippen LogP contribution >= 0.6 is 11.3 Å². The molecule has 0 spiro atoms. The molecular weight excluding hydrogens is 707 g/mol. The van der Waals surface area contributed by atoms with Crippen LogP contribution < -0.4 is 9.64 Å². The topological polar surface area (TPSA) is 137 Å². The molecule has 1 aromatic heterocycles. The highest BCUT2D eigenvalue weighted by Gasteiger charge is 2.48. The summed E-state index contributed by atoms with van der Waals surface area (Å²) in [6.45, 7) is 25.4. The third-order valence-electron chi connectivity index (χ3n) is 8.92. The quantitative estimate of drug-likeness (QED) is 0.116. The van der Waals surface area contributed by atoms with Crippen molar-refractivity contribution in [2.75, 3.05) is 18.0 Å². The summed E-state index contributed by atoms with van der Waals surface area (Å²) in [4.78, 5) is 92.7. The molecule has 0 saturated heterocycles. The molecule has 6 amide bonds. The molecule has 0 radical (unpaired) electrons. The lowest BCUT2D eigenvalue weighted by molar-refractivity contribution is -0.180. The smallest absolute Gasteiger partial charge is 0.286 e. The van der Waals surface area contributed by atoms with E-state index in [1.807, 2.05) is 60.6 Å². The first-order chi connectivity index (χ1) is 25.1. The lowest BCUT2D eigenvalue weighted by atomic mass is 9.88. The van der Waals surface area contributed by atoms with Crippen LogP contribution in [0, 0.1) is 19.3 Å². The van der Waals surface area contributed by atoms with E-state index in [9.17, 15) is 28.8 Å². The Balaban J connectivity index is 2.58. The van der Waals surface area contributed by atoms with E-state index in [1.54, 1.807) is 40.7 Å². The maximum atomic E-state index is 14.9. The molecule has 294 valence electrons. The van der Waals surface area contributed by atoms with Crippen molar-refractivity contribution in [3.05, 3.63) is 44.9 Å². The van der Waals surface area contributed by atoms with Crippen molar-refractivity contribution in [1.29, 1.82) is 0 Å². The van der Waals surface area contributed by atoms with E-state index in [0.29, 0.717) is 57.4 Å². The van der Waals surface area contributed by atoms with Crippen molar-refractivity contribution in [3.8, 4) is 17.0 Å². The van der Waals surface area contributed by atoms with Gasteiger partial charge in [0.15, 0.2) is 5.13 Å². The third kappa shape index (κ3) is 9.17. The van der Waals surface area contributed by atoms with Gasteiger partial charge in [0.1, 0.15) is 11.3 Å². The Morgan fingerprint density at radius 2 is 1.50 bits per heavy atom. The first kappa shape index (κ1) is 43.8. The SMILES string of the molecule is CCCCC1=C(C(=O)N(C(C)=O)C(C)C)C(=O)N(N(C(C)=O)C(=O)C(C)(C)C)C(=O)/C1=C\c1sc(N(CC)CC)nc1-c1c(C)cc(OC(C)C)cc1C. The molecule has 0 unspecified atom stereocenters. The molecule has 0 saturated carbocycles. The van der Waals surface area contributed by atoms with Crippen LogP contribution in [-0.4, -0.2) is 80.6 Å². The van der Waals surface area contributed by atoms with Gasteiger partial charge in [-0.1, -0.05) is 45.5 Å². The maximum absolute atomic E-state index is 14.9. The summed E-state index contributed by atoms with van der Waals surface area (Å²) in [5.74, 6) is -4.59. The predicted molar refractivity (Wildman–Crippen MR) is 212 cm³/mol. The lowest BCUT2D eigenvalue weighted by Crippen LogP contribution is -2.61. The zero-order valence-corrected chi connectivity index (χ0v) is 35.2. The number of aromatic nitrogens is 1. The number of carbonyl (C=O) groups is 6. The Bertz CT molecular complexity index is 1850. The number of amides is 6. The monoisotopic (exact) mass is 763 g/mol. The molecule has 3 rings (SSSR count). The summed E-state index contributed by atoms with van der Waals surface area (Å²) < 4.78 is 6.01. The molecule has 0 bridgehead atoms. The summed E-state index contributed by atoms with van der Waals surface area (Å²) in [6.07, 6.45) is 2.88. The molecule has 0 N–H and O–H groups in total. The second kappa shape index (κ2) is 17.7. The number of thiazole rings is 1. The Morgan fingerprint density at radius 1 is 0.926 bits per heavy atom. The molecule has 1 aliphatic rings. The van der Waals surface area contributed by atoms with Gasteiger partial charge in [0.2, 0.25) is 11.8 Å². The molecule has 1 aromatic carbocycles. The molecule has 12 nitrogen and oxygen atoms in total. The van der Waals surface area contributed by atoms with Crippen molar-refractivity contribution < 1.29 is 33.5 Å². The van der Waals surface area contributed by atoms with E-state index in [0.717, 1.165) is 28.5 Å². The first-order valence-electron chi connectivity index (χ1n) is 18.7. The van der Waals surface area contributed by atoms with Crippen molar-refractivity contribution >= 4 is 58.0 Å². The minimum atomic E-state index is -1.19. The minimum Gasteiger partial charge on any atom is -0.491 e. The van der Waals surface area contributed by atoms with Gasteiger partial charge in [-0.15, -0.1) is 0 Å². The average molecular weight is 764 g/mol. The summed E-state index contributed by atoms with van der Waals surface area (Å²) in [5.41, 5.74) is 1.65. The fourth-order valence-electron chi connectivity index (χ4n) is 6.42. The highest BCUT2D eigenvalue weighted by molar-refractivity contribution is 7.17. The van der Waals surface area contributed by atoms with Gasteiger partial charge in [0, 0.05) is 49.5 Å². The maximum Gasteiger partial charge on any atom is 0.286 e. The minimum absolute atomic E-state index is 0.0361. The number of rotatable bonds is 13. The van der Waals surface area contributed by atoms with Gasteiger partial charge in [0.05, 0.1) is 16.7 Å². The standard InChI is InChI=1S/C41H57N5O7S/c1-15-18-19-30-31(22-32-35(42-40(54-32)43(16-2)17-3)33-25(8)20-29(21-26(33)9)53-24(6)7)36(49)46(45(28(11)48)39(52)41(12,13)14)38(51)34(30)37(50)44(23(4)5)27(10)47/h20-24H,15-19H2,1-14H3/b31-22-. The van der Waals surface area contributed by atoms with Crippen LogP contribution in [0.15, 0.2) is 28.9 Å². The molecule has 13 heteroatoms. The van der Waals surface area contributed by atoms with Crippen LogP contribution in [0.2, 0.25) is 0 Å². The van der Waals surface area contributed by atoms with Crippen LogP contribution in [0.25, 0.3) is 17.3 Å². The summed E-state index contributed by atoms with van der Waals surface area (Å²) in [7, 11) is 0. The van der Waals surface area contributed by atoms with Crippen molar-refractivity contribution in [1.82, 2.24) is 19.9 Å². The number of carbonyl (C=O) groups excluding carboxylic acids is 6. The fraction of sp³-hybridized carbons (Fsp3) is 0.537. The average Bonchev–Trinajstić information content (AvgIpc) is 3.44. The van der Waals surface area contributed by atoms with E-state index in [1.165, 1.54) is 18.3 Å². The largest absolute Gasteiger partial charge is 0.491 e. The number of imide groups is 3. The Labute approximate surface area is 324 Å². The van der Waals surface area contributed by atoms with Crippen LogP contribution in [-0.2, 0) is 28.8 Å². The summed E-state index contributed by atoms with van der Waals surface area (Å²) in [5, 5.41) is 1.70. The van der Waals surface area contributed by atoms with Crippen LogP contribution in [0.4, 0.5) is 5.13 Å². The van der Waals surface area contributed by atoms with Gasteiger partial charge in [-0.05, 0) is 103 Å². The highest BCUT2D eigenvalue weighted by Crippen LogP contribution is 2.42. The number of anilines is 1. The first-order valence-corrected chi connectivity index (χ1v) is 19.5. The molecule has 1 aliphatic heterocycles. The van der Waals surface area contributed by atoms with Gasteiger partial charge in [0.25, 0.3) is 23.6 Å². The van der Waals surface area contributed by atoms with Gasteiger partial charge in [-0.3, -0.25) is 33.7 Å². The van der Waals surface area contributed by atoms with Gasteiger partial charge < -0.3 is 9.64 Å². The number of nitrogens with zero attached hydrogens (tertiary/aromatic N) is 5. The molecule has 0 fully saturated rings. The zero-order chi connectivity index (χ0) is 41.0. The van der Waals surface area contributed by atoms with E-state index in [2.05, 4.69) is 4.90 Å². The third-order valence-corrected chi connectivity index (χ3v) is 9.99. The number of hydrazine groups is 1. The van der Waals surface area contributed by atoms with Crippen LogP contribution in [0.5, 0.6) is 5.75 Å². The summed E-state index contributed by atoms with van der Waals surface area (Å²) in [6, 6.07) is 3.24. The molecule has 0 atom stereocenters. The van der Waals surface area contributed by atoms with E-state index in [4.69, 9.17) is 9.72 Å². The Hall–Kier alpha value is -4.65. The van der Waals surface area contributed by atoms with Gasteiger partial charge >= 0.3 is 0 Å². The molecule has 2 aromatic rings. The van der Waals surface area contributed by atoms with Crippen LogP contribution in [0.3, 0.4) is 0 Å². The molecule has 54 heavy (non-hydrogen) atoms. The second-order valence-electron chi connectivity index (χ2n) is 15.1. The van der Waals surface area contributed by atoms with Crippen LogP contribution in [0.1, 0.15) is 118 Å². The predicted octanol–water partition coefficient (Wildman–Crippen LogP) is 7.42. The normalized spacial score (nSPS) is 14.4. The number of aryl methyl sites for hydroxylation is 2. The zero-order valence-electron chi connectivity index (χ0n) is 34.4. The number of hydrogen-bond donors (Lipinski definition) is 0. The number of benzene rings is 1. The van der Waals surface area contributed by atoms with E-state index in [-0.39, 0.29) is 23.7 Å². The highest BCUT2D eigenvalue weighted by atomic mass is 32.1. The summed E-state index contributed by atoms with van der Waals surface area (Å²) >= 11 is 1.35. The van der Waals surface area contributed by atoms with Gasteiger partial charge in [-0.25, -0.2) is 4.98 Å². The lowest BCUT2D eigenvalue weighted by Gasteiger charge is -2.39. The molecule has 0 aliphatic carbocycles. The van der Waals surface area contributed by atoms with Crippen molar-refractivity contribution in [2.45, 2.75) is 128 Å². The number of hydrogen-bond acceptors (Lipinski definition) is 10. The van der Waals surface area contributed by atoms with E-state index < -0.39 is 52.5 Å².